The van der Waals surface area contributed by atoms with Crippen molar-refractivity contribution < 1.29 is 24.9 Å². The van der Waals surface area contributed by atoms with Gasteiger partial charge in [-0.3, -0.25) is 4.79 Å². The normalized spacial score (nSPS) is 11.9. The minimum absolute atomic E-state index is 0.144. The smallest absolute Gasteiger partial charge is 0.336 e. The number of phenols is 2. The number of carbonyl (C=O) groups excluding carboxylic acids is 1. The van der Waals surface area contributed by atoms with Crippen LogP contribution in [-0.4, -0.2) is 45.7 Å². The quantitative estimate of drug-likeness (QED) is 0.175. The molecule has 0 fully saturated rings. The Balaban J connectivity index is 2.18. The molecule has 8 heteroatoms. The van der Waals surface area contributed by atoms with Crippen LogP contribution in [0.4, 0.5) is 0 Å². The predicted molar refractivity (Wildman–Crippen MR) is 79.5 cm³/mol. The van der Waals surface area contributed by atoms with Gasteiger partial charge in [0.15, 0.2) is 16.9 Å². The molecular weight excluding hydrogens is 296 g/mol. The predicted octanol–water partition coefficient (Wildman–Crippen LogP) is 0.0767. The highest BCUT2D eigenvalue weighted by molar-refractivity contribution is 7.81. The lowest BCUT2D eigenvalue weighted by atomic mass is 10.1. The number of aliphatic carboxylic acids is 1. The summed E-state index contributed by atoms with van der Waals surface area (Å²) < 4.78 is 0. The Morgan fingerprint density at radius 1 is 1.19 bits per heavy atom. The van der Waals surface area contributed by atoms with E-state index in [2.05, 4.69) is 23.3 Å². The van der Waals surface area contributed by atoms with Gasteiger partial charge in [0, 0.05) is 13.0 Å². The summed E-state index contributed by atoms with van der Waals surface area (Å²) in [5.41, 5.74) is 0.851. The van der Waals surface area contributed by atoms with Crippen LogP contribution in [0.25, 0.3) is 0 Å². The first-order chi connectivity index (χ1) is 9.90. The van der Waals surface area contributed by atoms with Gasteiger partial charge in [-0.15, -0.1) is 12.6 Å². The van der Waals surface area contributed by atoms with Gasteiger partial charge in [0.2, 0.25) is 5.91 Å². The van der Waals surface area contributed by atoms with E-state index in [4.69, 9.17) is 10.2 Å². The second-order valence-electron chi connectivity index (χ2n) is 4.38. The number of rotatable bonds is 8. The lowest BCUT2D eigenvalue weighted by Crippen LogP contribution is -2.38. The average Bonchev–Trinajstić information content (AvgIpc) is 2.42. The Bertz CT molecular complexity index is 509. The molecule has 1 unspecified atom stereocenters. The number of thiol groups is 1. The van der Waals surface area contributed by atoms with E-state index in [0.717, 1.165) is 5.56 Å². The number of benzene rings is 1. The monoisotopic (exact) mass is 314 g/mol. The third-order valence-corrected chi connectivity index (χ3v) is 3.04. The van der Waals surface area contributed by atoms with Crippen LogP contribution in [0, 0.1) is 0 Å². The van der Waals surface area contributed by atoms with Gasteiger partial charge < -0.3 is 26.0 Å². The summed E-state index contributed by atoms with van der Waals surface area (Å²) in [5.74, 6) is -1.93. The molecule has 1 aromatic carbocycles. The summed E-state index contributed by atoms with van der Waals surface area (Å²) >= 11 is 3.70. The van der Waals surface area contributed by atoms with E-state index in [9.17, 15) is 14.7 Å². The number of hydrogen-bond acceptors (Lipinski definition) is 6. The first kappa shape index (κ1) is 17.1. The summed E-state index contributed by atoms with van der Waals surface area (Å²) in [6, 6.07) is 4.58. The summed E-state index contributed by atoms with van der Waals surface area (Å²) in [5, 5.41) is 31.1. The summed E-state index contributed by atoms with van der Waals surface area (Å²) in [6.07, 6.45) is 0.769. The van der Waals surface area contributed by atoms with Gasteiger partial charge >= 0.3 is 5.97 Å². The molecule has 0 bridgehead atoms. The molecule has 1 aromatic rings. The lowest BCUT2D eigenvalue weighted by molar-refractivity contribution is -0.139. The van der Waals surface area contributed by atoms with Crippen LogP contribution in [0.3, 0.4) is 0 Å². The molecule has 1 rings (SSSR count). The number of carboxylic acids is 1. The molecule has 0 aliphatic heterocycles. The maximum atomic E-state index is 11.3. The van der Waals surface area contributed by atoms with Crippen molar-refractivity contribution in [1.82, 2.24) is 10.6 Å². The van der Waals surface area contributed by atoms with Gasteiger partial charge in [-0.05, 0) is 30.7 Å². The van der Waals surface area contributed by atoms with E-state index in [1.165, 1.54) is 12.1 Å². The SMILES string of the molecule is O=C(CCNCCc1ccc(O)c(O)c1)NC(S)C(=O)O. The van der Waals surface area contributed by atoms with Crippen molar-refractivity contribution in [3.63, 3.8) is 0 Å². The minimum Gasteiger partial charge on any atom is -0.504 e. The molecule has 0 aliphatic rings. The number of hydrogen-bond donors (Lipinski definition) is 6. The van der Waals surface area contributed by atoms with Gasteiger partial charge in [-0.2, -0.15) is 0 Å². The van der Waals surface area contributed by atoms with Crippen LogP contribution in [0.1, 0.15) is 12.0 Å². The highest BCUT2D eigenvalue weighted by Crippen LogP contribution is 2.24. The molecule has 0 aromatic heterocycles. The van der Waals surface area contributed by atoms with Crippen molar-refractivity contribution in [2.45, 2.75) is 18.2 Å². The second kappa shape index (κ2) is 8.38. The minimum atomic E-state index is -1.20. The van der Waals surface area contributed by atoms with Crippen molar-refractivity contribution in [3.05, 3.63) is 23.8 Å². The molecule has 1 amide bonds. The highest BCUT2D eigenvalue weighted by Gasteiger charge is 2.14. The van der Waals surface area contributed by atoms with Gasteiger partial charge in [-0.1, -0.05) is 6.07 Å². The van der Waals surface area contributed by atoms with Crippen molar-refractivity contribution in [2.24, 2.45) is 0 Å². The van der Waals surface area contributed by atoms with Crippen LogP contribution in [0.2, 0.25) is 0 Å². The number of nitrogens with one attached hydrogen (secondary N) is 2. The summed E-state index contributed by atoms with van der Waals surface area (Å²) in [4.78, 5) is 21.8. The molecule has 1 atom stereocenters. The Hall–Kier alpha value is -1.93. The number of aromatic hydroxyl groups is 2. The first-order valence-corrected chi connectivity index (χ1v) is 6.83. The van der Waals surface area contributed by atoms with E-state index in [0.29, 0.717) is 19.5 Å². The Morgan fingerprint density at radius 3 is 2.52 bits per heavy atom. The fourth-order valence-electron chi connectivity index (χ4n) is 1.57. The molecule has 0 radical (unpaired) electrons. The third kappa shape index (κ3) is 6.37. The van der Waals surface area contributed by atoms with Crippen LogP contribution in [-0.2, 0) is 16.0 Å². The van der Waals surface area contributed by atoms with Crippen molar-refractivity contribution in [3.8, 4) is 11.5 Å². The molecule has 116 valence electrons. The molecule has 0 saturated heterocycles. The van der Waals surface area contributed by atoms with Crippen molar-refractivity contribution in [1.29, 1.82) is 0 Å². The first-order valence-electron chi connectivity index (χ1n) is 6.32. The van der Waals surface area contributed by atoms with E-state index < -0.39 is 17.3 Å². The topological polar surface area (TPSA) is 119 Å². The largest absolute Gasteiger partial charge is 0.504 e. The average molecular weight is 314 g/mol. The third-order valence-electron chi connectivity index (χ3n) is 2.69. The molecule has 0 spiro atoms. The standard InChI is InChI=1S/C13H18N2O5S/c16-9-2-1-8(7-10(9)17)3-5-14-6-4-11(18)15-12(21)13(19)20/h1-2,7,12,14,16-17,21H,3-6H2,(H,15,18)(H,19,20). The second-order valence-corrected chi connectivity index (χ2v) is 4.90. The lowest BCUT2D eigenvalue weighted by Gasteiger charge is -2.09. The molecule has 21 heavy (non-hydrogen) atoms. The van der Waals surface area contributed by atoms with Crippen LogP contribution in [0.5, 0.6) is 11.5 Å². The van der Waals surface area contributed by atoms with Gasteiger partial charge in [0.05, 0.1) is 0 Å². The molecule has 7 nitrogen and oxygen atoms in total. The van der Waals surface area contributed by atoms with Crippen LogP contribution < -0.4 is 10.6 Å². The van der Waals surface area contributed by atoms with Crippen molar-refractivity contribution >= 4 is 24.5 Å². The Labute approximate surface area is 127 Å². The Kier molecular flexibility index (Phi) is 6.83. The zero-order valence-electron chi connectivity index (χ0n) is 11.2. The zero-order valence-corrected chi connectivity index (χ0v) is 12.1. The van der Waals surface area contributed by atoms with Gasteiger partial charge in [0.1, 0.15) is 0 Å². The number of amides is 1. The molecule has 0 saturated carbocycles. The van der Waals surface area contributed by atoms with E-state index in [1.54, 1.807) is 6.07 Å². The molecular formula is C13H18N2O5S. The zero-order chi connectivity index (χ0) is 15.8. The number of carbonyl (C=O) groups is 2. The fraction of sp³-hybridized carbons (Fsp3) is 0.385. The van der Waals surface area contributed by atoms with Crippen molar-refractivity contribution in [2.75, 3.05) is 13.1 Å². The summed E-state index contributed by atoms with van der Waals surface area (Å²) in [6.45, 7) is 0.983. The highest BCUT2D eigenvalue weighted by atomic mass is 32.1. The molecule has 0 heterocycles. The number of carboxylic acid groups (broad SMARTS) is 1. The fourth-order valence-corrected chi connectivity index (χ4v) is 1.71. The van der Waals surface area contributed by atoms with E-state index in [1.807, 2.05) is 0 Å². The maximum Gasteiger partial charge on any atom is 0.336 e. The summed E-state index contributed by atoms with van der Waals surface area (Å²) in [7, 11) is 0. The van der Waals surface area contributed by atoms with Gasteiger partial charge in [0.25, 0.3) is 0 Å². The van der Waals surface area contributed by atoms with Crippen LogP contribution >= 0.6 is 12.6 Å². The molecule has 5 N–H and O–H groups in total. The van der Waals surface area contributed by atoms with E-state index in [-0.39, 0.29) is 17.9 Å². The maximum absolute atomic E-state index is 11.3. The van der Waals surface area contributed by atoms with Gasteiger partial charge in [-0.25, -0.2) is 4.79 Å². The Morgan fingerprint density at radius 2 is 1.90 bits per heavy atom. The molecule has 0 aliphatic carbocycles. The number of phenolic OH excluding ortho intramolecular Hbond substituents is 2. The van der Waals surface area contributed by atoms with E-state index >= 15 is 0 Å². The van der Waals surface area contributed by atoms with Crippen LogP contribution in [0.15, 0.2) is 18.2 Å².